The van der Waals surface area contributed by atoms with Crippen molar-refractivity contribution in [1.29, 1.82) is 0 Å². The lowest BCUT2D eigenvalue weighted by Gasteiger charge is -2.06. The molecule has 6 nitrogen and oxygen atoms in total. The third kappa shape index (κ3) is 3.11. The van der Waals surface area contributed by atoms with Gasteiger partial charge < -0.3 is 9.84 Å². The molecular formula is C15H11N3O3. The van der Waals surface area contributed by atoms with Crippen molar-refractivity contribution in [2.45, 2.75) is 6.42 Å². The first-order valence-corrected chi connectivity index (χ1v) is 6.27. The van der Waals surface area contributed by atoms with Crippen LogP contribution in [-0.2, 0) is 11.2 Å². The number of carbonyl (C=O) groups is 1. The summed E-state index contributed by atoms with van der Waals surface area (Å²) in [4.78, 5) is 23.2. The van der Waals surface area contributed by atoms with E-state index in [0.717, 1.165) is 0 Å². The molecule has 3 rings (SSSR count). The predicted molar refractivity (Wildman–Crippen MR) is 75.2 cm³/mol. The molecule has 6 heteroatoms. The van der Waals surface area contributed by atoms with Crippen LogP contribution in [0.5, 0.6) is 11.6 Å². The number of aliphatic carboxylic acids is 1. The van der Waals surface area contributed by atoms with Gasteiger partial charge >= 0.3 is 5.97 Å². The van der Waals surface area contributed by atoms with Crippen molar-refractivity contribution in [2.75, 3.05) is 0 Å². The second-order valence-electron chi connectivity index (χ2n) is 4.37. The number of hydrogen-bond acceptors (Lipinski definition) is 5. The van der Waals surface area contributed by atoms with E-state index >= 15 is 0 Å². The Morgan fingerprint density at radius 3 is 2.86 bits per heavy atom. The average Bonchev–Trinajstić information content (AvgIpc) is 2.47. The molecular weight excluding hydrogens is 270 g/mol. The number of hydrogen-bond donors (Lipinski definition) is 1. The van der Waals surface area contributed by atoms with Crippen LogP contribution in [0.15, 0.2) is 48.8 Å². The Balaban J connectivity index is 1.86. The highest BCUT2D eigenvalue weighted by molar-refractivity contribution is 5.70. The molecule has 1 N–H and O–H groups in total. The van der Waals surface area contributed by atoms with E-state index in [0.29, 0.717) is 28.4 Å². The van der Waals surface area contributed by atoms with E-state index in [9.17, 15) is 4.79 Å². The highest BCUT2D eigenvalue weighted by Crippen LogP contribution is 2.22. The average molecular weight is 281 g/mol. The summed E-state index contributed by atoms with van der Waals surface area (Å²) in [6.45, 7) is 0. The van der Waals surface area contributed by atoms with Crippen molar-refractivity contribution in [3.63, 3.8) is 0 Å². The molecule has 0 aliphatic rings. The van der Waals surface area contributed by atoms with Gasteiger partial charge in [0.1, 0.15) is 11.3 Å². The van der Waals surface area contributed by atoms with Gasteiger partial charge in [-0.2, -0.15) is 4.98 Å². The first-order valence-electron chi connectivity index (χ1n) is 6.27. The van der Waals surface area contributed by atoms with E-state index in [2.05, 4.69) is 15.0 Å². The quantitative estimate of drug-likeness (QED) is 0.790. The minimum atomic E-state index is -0.883. The van der Waals surface area contributed by atoms with Gasteiger partial charge in [-0.1, -0.05) is 12.1 Å². The second kappa shape index (κ2) is 5.54. The molecule has 0 aliphatic heterocycles. The summed E-state index contributed by atoms with van der Waals surface area (Å²) in [5, 5.41) is 8.80. The molecule has 0 atom stereocenters. The second-order valence-corrected chi connectivity index (χ2v) is 4.37. The molecule has 0 bridgehead atoms. The zero-order valence-electron chi connectivity index (χ0n) is 10.9. The Kier molecular flexibility index (Phi) is 3.42. The Bertz CT molecular complexity index is 805. The van der Waals surface area contributed by atoms with Gasteiger partial charge in [-0.3, -0.25) is 9.78 Å². The van der Waals surface area contributed by atoms with Crippen LogP contribution >= 0.6 is 0 Å². The Morgan fingerprint density at radius 1 is 1.14 bits per heavy atom. The maximum Gasteiger partial charge on any atom is 0.307 e. The molecule has 3 aromatic rings. The Morgan fingerprint density at radius 2 is 2.00 bits per heavy atom. The number of fused-ring (bicyclic) bond motifs is 1. The smallest absolute Gasteiger partial charge is 0.307 e. The van der Waals surface area contributed by atoms with Crippen molar-refractivity contribution in [1.82, 2.24) is 15.0 Å². The lowest BCUT2D eigenvalue weighted by molar-refractivity contribution is -0.136. The number of benzene rings is 1. The van der Waals surface area contributed by atoms with E-state index in [1.165, 1.54) is 0 Å². The molecule has 0 fully saturated rings. The highest BCUT2D eigenvalue weighted by Gasteiger charge is 2.05. The van der Waals surface area contributed by atoms with Crippen LogP contribution in [0.3, 0.4) is 0 Å². The van der Waals surface area contributed by atoms with Crippen molar-refractivity contribution in [3.8, 4) is 11.6 Å². The van der Waals surface area contributed by atoms with Crippen LogP contribution in [-0.4, -0.2) is 26.0 Å². The summed E-state index contributed by atoms with van der Waals surface area (Å²) in [5.74, 6) is 0.0335. The van der Waals surface area contributed by atoms with Gasteiger partial charge in [0.05, 0.1) is 6.42 Å². The number of rotatable bonds is 4. The normalized spacial score (nSPS) is 10.5. The van der Waals surface area contributed by atoms with Gasteiger partial charge in [-0.15, -0.1) is 0 Å². The van der Waals surface area contributed by atoms with Crippen LogP contribution in [0, 0.1) is 0 Å². The molecule has 2 heterocycles. The number of ether oxygens (including phenoxy) is 1. The number of nitrogens with zero attached hydrogens (tertiary/aromatic N) is 3. The predicted octanol–water partition coefficient (Wildman–Crippen LogP) is 2.44. The molecule has 0 saturated heterocycles. The van der Waals surface area contributed by atoms with Crippen LogP contribution in [0.25, 0.3) is 11.2 Å². The summed E-state index contributed by atoms with van der Waals surface area (Å²) in [6.07, 6.45) is 3.11. The monoisotopic (exact) mass is 281 g/mol. The van der Waals surface area contributed by atoms with Crippen molar-refractivity contribution >= 4 is 17.1 Å². The topological polar surface area (TPSA) is 85.2 Å². The zero-order chi connectivity index (χ0) is 14.7. The molecule has 0 saturated carbocycles. The van der Waals surface area contributed by atoms with E-state index in [1.54, 1.807) is 48.8 Å². The SMILES string of the molecule is O=C(O)Cc1cccc(Oc2ccc3nccnc3n2)c1. The Labute approximate surface area is 120 Å². The fourth-order valence-corrected chi connectivity index (χ4v) is 1.91. The number of aromatic nitrogens is 3. The summed E-state index contributed by atoms with van der Waals surface area (Å²) < 4.78 is 5.64. The zero-order valence-corrected chi connectivity index (χ0v) is 10.9. The molecule has 0 radical (unpaired) electrons. The largest absolute Gasteiger partial charge is 0.481 e. The molecule has 1 aromatic carbocycles. The first-order chi connectivity index (χ1) is 10.2. The fourth-order valence-electron chi connectivity index (χ4n) is 1.91. The molecule has 21 heavy (non-hydrogen) atoms. The summed E-state index contributed by atoms with van der Waals surface area (Å²) in [7, 11) is 0. The van der Waals surface area contributed by atoms with Gasteiger partial charge in [0, 0.05) is 18.5 Å². The number of carboxylic acid groups (broad SMARTS) is 1. The standard InChI is InChI=1S/C15H11N3O3/c19-14(20)9-10-2-1-3-11(8-10)21-13-5-4-12-15(18-13)17-7-6-16-12/h1-8H,9H2,(H,19,20). The van der Waals surface area contributed by atoms with Gasteiger partial charge in [-0.05, 0) is 23.8 Å². The van der Waals surface area contributed by atoms with Crippen LogP contribution in [0.1, 0.15) is 5.56 Å². The van der Waals surface area contributed by atoms with Gasteiger partial charge in [0.15, 0.2) is 5.65 Å². The van der Waals surface area contributed by atoms with Gasteiger partial charge in [0.25, 0.3) is 0 Å². The van der Waals surface area contributed by atoms with E-state index in [1.807, 2.05) is 0 Å². The lowest BCUT2D eigenvalue weighted by Crippen LogP contribution is -2.00. The minimum Gasteiger partial charge on any atom is -0.481 e. The third-order valence-electron chi connectivity index (χ3n) is 2.78. The van der Waals surface area contributed by atoms with Gasteiger partial charge in [-0.25, -0.2) is 4.98 Å². The molecule has 0 unspecified atom stereocenters. The fraction of sp³-hybridized carbons (Fsp3) is 0.0667. The molecule has 2 aromatic heterocycles. The summed E-state index contributed by atoms with van der Waals surface area (Å²) >= 11 is 0. The highest BCUT2D eigenvalue weighted by atomic mass is 16.5. The molecule has 0 amide bonds. The molecule has 104 valence electrons. The Hall–Kier alpha value is -3.02. The van der Waals surface area contributed by atoms with Crippen molar-refractivity contribution < 1.29 is 14.6 Å². The number of carboxylic acids is 1. The first kappa shape index (κ1) is 13.0. The van der Waals surface area contributed by atoms with Crippen molar-refractivity contribution in [3.05, 3.63) is 54.4 Å². The van der Waals surface area contributed by atoms with Crippen LogP contribution in [0.2, 0.25) is 0 Å². The lowest BCUT2D eigenvalue weighted by atomic mass is 10.1. The van der Waals surface area contributed by atoms with Gasteiger partial charge in [0.2, 0.25) is 5.88 Å². The summed E-state index contributed by atoms with van der Waals surface area (Å²) in [6, 6.07) is 10.4. The van der Waals surface area contributed by atoms with Crippen LogP contribution in [0.4, 0.5) is 0 Å². The van der Waals surface area contributed by atoms with Crippen LogP contribution < -0.4 is 4.74 Å². The summed E-state index contributed by atoms with van der Waals surface area (Å²) in [5.41, 5.74) is 1.85. The molecule has 0 spiro atoms. The molecule has 0 aliphatic carbocycles. The maximum atomic E-state index is 10.7. The third-order valence-corrected chi connectivity index (χ3v) is 2.78. The van der Waals surface area contributed by atoms with E-state index < -0.39 is 5.97 Å². The van der Waals surface area contributed by atoms with E-state index in [-0.39, 0.29) is 6.42 Å². The minimum absolute atomic E-state index is 0.0478. The number of pyridine rings is 1. The van der Waals surface area contributed by atoms with E-state index in [4.69, 9.17) is 9.84 Å². The van der Waals surface area contributed by atoms with Crippen molar-refractivity contribution in [2.24, 2.45) is 0 Å². The maximum absolute atomic E-state index is 10.7.